The number of hydrazone groups is 1. The molecule has 0 radical (unpaired) electrons. The van der Waals surface area contributed by atoms with Crippen LogP contribution in [0.5, 0.6) is 0 Å². The van der Waals surface area contributed by atoms with Crippen molar-refractivity contribution >= 4 is 24.1 Å². The number of rotatable bonds is 6. The molecule has 0 atom stereocenters. The Morgan fingerprint density at radius 3 is 2.38 bits per heavy atom. The highest BCUT2D eigenvalue weighted by atomic mass is 19.1. The van der Waals surface area contributed by atoms with Crippen molar-refractivity contribution in [1.82, 2.24) is 5.32 Å². The number of hydrogen-bond acceptors (Lipinski definition) is 3. The van der Waals surface area contributed by atoms with E-state index in [-0.39, 0.29) is 17.3 Å². The third-order valence-electron chi connectivity index (χ3n) is 5.41. The smallest absolute Gasteiger partial charge is 0.251 e. The first-order chi connectivity index (χ1) is 13.7. The average molecular weight is 394 g/mol. The predicted octanol–water partition coefficient (Wildman–Crippen LogP) is 4.88. The number of anilines is 1. The molecule has 1 aliphatic rings. The lowest BCUT2D eigenvalue weighted by Crippen LogP contribution is -2.45. The summed E-state index contributed by atoms with van der Waals surface area (Å²) in [6.45, 7) is 9.55. The normalized spacial score (nSPS) is 14.4. The van der Waals surface area contributed by atoms with Crippen molar-refractivity contribution in [2.45, 2.75) is 39.2 Å². The Morgan fingerprint density at radius 1 is 1.17 bits per heavy atom. The van der Waals surface area contributed by atoms with E-state index in [1.54, 1.807) is 30.3 Å². The minimum absolute atomic E-state index is 0.151. The lowest BCUT2D eigenvalue weighted by Gasteiger charge is -2.27. The molecule has 152 valence electrons. The van der Waals surface area contributed by atoms with Gasteiger partial charge in [-0.05, 0) is 81.0 Å². The summed E-state index contributed by atoms with van der Waals surface area (Å²) in [5, 5.41) is 8.79. The van der Waals surface area contributed by atoms with E-state index in [4.69, 9.17) is 0 Å². The molecule has 0 unspecified atom stereocenters. The van der Waals surface area contributed by atoms with Crippen LogP contribution in [-0.2, 0) is 0 Å². The van der Waals surface area contributed by atoms with Crippen molar-refractivity contribution in [2.24, 2.45) is 16.0 Å². The van der Waals surface area contributed by atoms with E-state index in [9.17, 15) is 9.18 Å². The highest BCUT2D eigenvalue weighted by Crippen LogP contribution is 2.39. The highest BCUT2D eigenvalue weighted by molar-refractivity contribution is 6.01. The highest BCUT2D eigenvalue weighted by Gasteiger charge is 2.38. The topological polar surface area (TPSA) is 57.1 Å². The van der Waals surface area contributed by atoms with E-state index in [1.807, 2.05) is 19.1 Å². The molecule has 0 bridgehead atoms. The van der Waals surface area contributed by atoms with Crippen LogP contribution in [0.2, 0.25) is 0 Å². The molecule has 1 amide bonds. The number of nitrogens with zero attached hydrogens (tertiary/aromatic N) is 3. The number of carbonyl (C=O) groups is 1. The Balaban J connectivity index is 2.05. The summed E-state index contributed by atoms with van der Waals surface area (Å²) in [6, 6.07) is 11.7. The Bertz CT molecular complexity index is 946. The number of halogens is 1. The second-order valence-electron chi connectivity index (χ2n) is 7.95. The molecule has 2 aromatic carbocycles. The largest absolute Gasteiger partial charge is 0.347 e. The summed E-state index contributed by atoms with van der Waals surface area (Å²) in [6.07, 6.45) is 2.27. The molecule has 1 fully saturated rings. The first-order valence-corrected chi connectivity index (χ1v) is 9.69. The van der Waals surface area contributed by atoms with Gasteiger partial charge < -0.3 is 5.32 Å². The van der Waals surface area contributed by atoms with Crippen LogP contribution in [0, 0.1) is 11.7 Å². The molecule has 5 nitrogen and oxygen atoms in total. The van der Waals surface area contributed by atoms with E-state index >= 15 is 0 Å². The minimum Gasteiger partial charge on any atom is -0.347 e. The van der Waals surface area contributed by atoms with Gasteiger partial charge in [-0.1, -0.05) is 12.1 Å². The number of benzene rings is 2. The summed E-state index contributed by atoms with van der Waals surface area (Å²) in [7, 11) is 1.67. The molecule has 0 saturated heterocycles. The van der Waals surface area contributed by atoms with E-state index in [0.29, 0.717) is 23.0 Å². The van der Waals surface area contributed by atoms with Gasteiger partial charge in [0, 0.05) is 24.9 Å². The molecule has 1 saturated carbocycles. The molecule has 1 N–H and O–H groups in total. The van der Waals surface area contributed by atoms with Crippen molar-refractivity contribution in [3.8, 4) is 11.1 Å². The maximum Gasteiger partial charge on any atom is 0.251 e. The molecule has 6 heteroatoms. The van der Waals surface area contributed by atoms with Gasteiger partial charge in [0.1, 0.15) is 11.7 Å². The molecule has 0 aliphatic heterocycles. The number of nitrogens with one attached hydrogen (secondary N) is 1. The molecule has 1 aliphatic carbocycles. The van der Waals surface area contributed by atoms with Gasteiger partial charge >= 0.3 is 0 Å². The van der Waals surface area contributed by atoms with Crippen molar-refractivity contribution in [3.05, 3.63) is 53.8 Å². The molecule has 0 aromatic heterocycles. The molecule has 29 heavy (non-hydrogen) atoms. The fourth-order valence-corrected chi connectivity index (χ4v) is 3.41. The first-order valence-electron chi connectivity index (χ1n) is 9.69. The van der Waals surface area contributed by atoms with Gasteiger partial charge in [-0.15, -0.1) is 0 Å². The number of aliphatic imine (C=N–C) groups is 1. The van der Waals surface area contributed by atoms with E-state index in [2.05, 4.69) is 36.0 Å². The van der Waals surface area contributed by atoms with Crippen LogP contribution < -0.4 is 10.3 Å². The SMILES string of the molecule is C=NN(C(C)=NC)c1cc(C(=O)NC(C)(C)C2CC2)cc(-c2ccc(F)cc2)c1. The second-order valence-corrected chi connectivity index (χ2v) is 7.95. The second kappa shape index (κ2) is 8.15. The summed E-state index contributed by atoms with van der Waals surface area (Å²) in [5.74, 6) is 0.688. The van der Waals surface area contributed by atoms with Gasteiger partial charge in [0.15, 0.2) is 0 Å². The zero-order valence-electron chi connectivity index (χ0n) is 17.4. The maximum atomic E-state index is 13.4. The molecule has 0 spiro atoms. The van der Waals surface area contributed by atoms with Gasteiger partial charge in [-0.2, -0.15) is 5.10 Å². The molecular formula is C23H27FN4O. The fraction of sp³-hybridized carbons (Fsp3) is 0.348. The summed E-state index contributed by atoms with van der Waals surface area (Å²) in [4.78, 5) is 17.2. The molecular weight excluding hydrogens is 367 g/mol. The Hall–Kier alpha value is -3.02. The monoisotopic (exact) mass is 394 g/mol. The maximum absolute atomic E-state index is 13.4. The van der Waals surface area contributed by atoms with Gasteiger partial charge in [-0.3, -0.25) is 9.79 Å². The predicted molar refractivity (Wildman–Crippen MR) is 117 cm³/mol. The van der Waals surface area contributed by atoms with E-state index in [0.717, 1.165) is 24.0 Å². The van der Waals surface area contributed by atoms with Crippen molar-refractivity contribution in [2.75, 3.05) is 12.1 Å². The molecule has 0 heterocycles. The van der Waals surface area contributed by atoms with Gasteiger partial charge in [0.2, 0.25) is 0 Å². The standard InChI is InChI=1S/C23H27FN4O/c1-15(25-4)28(26-5)21-13-17(16-6-10-20(24)11-7-16)12-18(14-21)22(29)27-23(2,3)19-8-9-19/h6-7,10-14,19H,5,8-9H2,1-4H3,(H,27,29). The Kier molecular flexibility index (Phi) is 5.82. The van der Waals surface area contributed by atoms with Gasteiger partial charge in [-0.25, -0.2) is 9.40 Å². The lowest BCUT2D eigenvalue weighted by molar-refractivity contribution is 0.0903. The minimum atomic E-state index is -0.308. The fourth-order valence-electron chi connectivity index (χ4n) is 3.41. The zero-order valence-corrected chi connectivity index (χ0v) is 17.4. The van der Waals surface area contributed by atoms with Crippen molar-refractivity contribution in [1.29, 1.82) is 0 Å². The van der Waals surface area contributed by atoms with E-state index < -0.39 is 0 Å². The zero-order chi connectivity index (χ0) is 21.2. The van der Waals surface area contributed by atoms with Gasteiger partial charge in [0.25, 0.3) is 5.91 Å². The van der Waals surface area contributed by atoms with Crippen LogP contribution in [0.3, 0.4) is 0 Å². The third kappa shape index (κ3) is 4.70. The summed E-state index contributed by atoms with van der Waals surface area (Å²) in [5.41, 5.74) is 2.50. The Morgan fingerprint density at radius 2 is 1.83 bits per heavy atom. The van der Waals surface area contributed by atoms with Crippen LogP contribution in [-0.4, -0.2) is 31.0 Å². The quantitative estimate of drug-likeness (QED) is 0.431. The van der Waals surface area contributed by atoms with Crippen LogP contribution >= 0.6 is 0 Å². The summed E-state index contributed by atoms with van der Waals surface area (Å²) >= 11 is 0. The van der Waals surface area contributed by atoms with E-state index in [1.165, 1.54) is 12.1 Å². The number of carbonyl (C=O) groups excluding carboxylic acids is 1. The molecule has 3 rings (SSSR count). The summed E-state index contributed by atoms with van der Waals surface area (Å²) < 4.78 is 13.4. The number of hydrogen-bond donors (Lipinski definition) is 1. The molecule has 2 aromatic rings. The van der Waals surface area contributed by atoms with Crippen LogP contribution in [0.4, 0.5) is 10.1 Å². The van der Waals surface area contributed by atoms with Crippen LogP contribution in [0.25, 0.3) is 11.1 Å². The van der Waals surface area contributed by atoms with Crippen LogP contribution in [0.15, 0.2) is 52.6 Å². The number of amides is 1. The third-order valence-corrected chi connectivity index (χ3v) is 5.41. The lowest BCUT2D eigenvalue weighted by atomic mass is 9.97. The first kappa shape index (κ1) is 20.7. The van der Waals surface area contributed by atoms with Gasteiger partial charge in [0.05, 0.1) is 5.69 Å². The van der Waals surface area contributed by atoms with Crippen LogP contribution in [0.1, 0.15) is 44.0 Å². The van der Waals surface area contributed by atoms with Crippen molar-refractivity contribution in [3.63, 3.8) is 0 Å². The average Bonchev–Trinajstić information content (AvgIpc) is 3.54. The Labute approximate surface area is 171 Å². The van der Waals surface area contributed by atoms with Crippen molar-refractivity contribution < 1.29 is 9.18 Å². The number of amidine groups is 1.